The Bertz CT molecular complexity index is 657. The average Bonchev–Trinajstić information content (AvgIpc) is 2.73. The van der Waals surface area contributed by atoms with Crippen LogP contribution >= 0.6 is 11.6 Å². The third-order valence-electron chi connectivity index (χ3n) is 3.27. The van der Waals surface area contributed by atoms with E-state index < -0.39 is 6.04 Å². The van der Waals surface area contributed by atoms with Gasteiger partial charge in [-0.2, -0.15) is 0 Å². The predicted octanol–water partition coefficient (Wildman–Crippen LogP) is 3.26. The fourth-order valence-electron chi connectivity index (χ4n) is 2.26. The molecule has 5 heteroatoms. The number of rotatable bonds is 3. The van der Waals surface area contributed by atoms with E-state index in [4.69, 9.17) is 11.6 Å². The van der Waals surface area contributed by atoms with Crippen LogP contribution in [0.1, 0.15) is 17.2 Å². The molecular weight excluding hydrogens is 279 g/mol. The van der Waals surface area contributed by atoms with E-state index in [1.54, 1.807) is 18.2 Å². The summed E-state index contributed by atoms with van der Waals surface area (Å²) < 4.78 is 13.3. The highest BCUT2D eigenvalue weighted by atomic mass is 35.5. The zero-order valence-corrected chi connectivity index (χ0v) is 11.2. The molecule has 1 unspecified atom stereocenters. The minimum absolute atomic E-state index is 0.167. The molecule has 0 aromatic heterocycles. The third kappa shape index (κ3) is 2.53. The number of amides is 1. The number of carbonyl (C=O) groups is 1. The highest BCUT2D eigenvalue weighted by Crippen LogP contribution is 2.31. The number of benzene rings is 2. The quantitative estimate of drug-likeness (QED) is 0.911. The molecular formula is C15H12ClFN2O. The summed E-state index contributed by atoms with van der Waals surface area (Å²) in [7, 11) is 0. The molecule has 0 saturated heterocycles. The second kappa shape index (κ2) is 5.23. The number of nitrogens with one attached hydrogen (secondary N) is 2. The van der Waals surface area contributed by atoms with Crippen molar-refractivity contribution in [3.63, 3.8) is 0 Å². The lowest BCUT2D eigenvalue weighted by Crippen LogP contribution is -2.27. The highest BCUT2D eigenvalue weighted by molar-refractivity contribution is 6.30. The van der Waals surface area contributed by atoms with Crippen LogP contribution in [0.3, 0.4) is 0 Å². The lowest BCUT2D eigenvalue weighted by atomic mass is 10.1. The molecule has 0 saturated carbocycles. The maximum absolute atomic E-state index is 13.3. The second-order valence-electron chi connectivity index (χ2n) is 4.66. The van der Waals surface area contributed by atoms with Gasteiger partial charge in [0.25, 0.3) is 0 Å². The zero-order valence-electron chi connectivity index (χ0n) is 10.5. The van der Waals surface area contributed by atoms with Crippen LogP contribution in [0.2, 0.25) is 5.02 Å². The Labute approximate surface area is 120 Å². The molecule has 1 atom stereocenters. The van der Waals surface area contributed by atoms with Crippen LogP contribution in [0, 0.1) is 5.82 Å². The van der Waals surface area contributed by atoms with Crippen molar-refractivity contribution in [2.24, 2.45) is 0 Å². The first-order chi connectivity index (χ1) is 9.63. The van der Waals surface area contributed by atoms with Crippen molar-refractivity contribution >= 4 is 23.2 Å². The van der Waals surface area contributed by atoms with Crippen LogP contribution in [0.25, 0.3) is 0 Å². The molecule has 0 radical (unpaired) electrons. The van der Waals surface area contributed by atoms with E-state index >= 15 is 0 Å². The molecule has 2 aromatic rings. The van der Waals surface area contributed by atoms with Gasteiger partial charge in [-0.05, 0) is 35.9 Å². The fraction of sp³-hybridized carbons (Fsp3) is 0.133. The molecule has 0 spiro atoms. The smallest absolute Gasteiger partial charge is 0.246 e. The molecule has 20 heavy (non-hydrogen) atoms. The second-order valence-corrected chi connectivity index (χ2v) is 5.10. The van der Waals surface area contributed by atoms with Gasteiger partial charge in [0.2, 0.25) is 5.91 Å². The SMILES string of the molecule is O=C1Nc2ccc(F)cc2C1NCc1ccc(Cl)cc1. The summed E-state index contributed by atoms with van der Waals surface area (Å²) in [6.07, 6.45) is 0. The van der Waals surface area contributed by atoms with Crippen molar-refractivity contribution in [1.82, 2.24) is 5.32 Å². The Kier molecular flexibility index (Phi) is 3.42. The van der Waals surface area contributed by atoms with Crippen LogP contribution in [0.4, 0.5) is 10.1 Å². The lowest BCUT2D eigenvalue weighted by molar-refractivity contribution is -0.117. The Morgan fingerprint density at radius 1 is 1.20 bits per heavy atom. The average molecular weight is 291 g/mol. The summed E-state index contributed by atoms with van der Waals surface area (Å²) in [5.41, 5.74) is 2.31. The molecule has 1 aliphatic rings. The van der Waals surface area contributed by atoms with E-state index in [0.717, 1.165) is 5.56 Å². The van der Waals surface area contributed by atoms with Gasteiger partial charge in [-0.1, -0.05) is 23.7 Å². The van der Waals surface area contributed by atoms with Crippen molar-refractivity contribution in [1.29, 1.82) is 0 Å². The summed E-state index contributed by atoms with van der Waals surface area (Å²) in [6.45, 7) is 0.505. The lowest BCUT2D eigenvalue weighted by Gasteiger charge is -2.11. The van der Waals surface area contributed by atoms with Crippen LogP contribution in [-0.4, -0.2) is 5.91 Å². The molecule has 102 valence electrons. The predicted molar refractivity (Wildman–Crippen MR) is 76.1 cm³/mol. The highest BCUT2D eigenvalue weighted by Gasteiger charge is 2.30. The molecule has 0 aliphatic carbocycles. The minimum atomic E-state index is -0.531. The van der Waals surface area contributed by atoms with Gasteiger partial charge < -0.3 is 5.32 Å². The standard InChI is InChI=1S/C15H12ClFN2O/c16-10-3-1-9(2-4-10)8-18-14-12-7-11(17)5-6-13(12)19-15(14)20/h1-7,14,18H,8H2,(H,19,20). The number of fused-ring (bicyclic) bond motifs is 1. The molecule has 1 aliphatic heterocycles. The maximum atomic E-state index is 13.3. The first-order valence-corrected chi connectivity index (χ1v) is 6.59. The van der Waals surface area contributed by atoms with E-state index in [2.05, 4.69) is 10.6 Å². The summed E-state index contributed by atoms with van der Waals surface area (Å²) >= 11 is 5.82. The first-order valence-electron chi connectivity index (χ1n) is 6.21. The summed E-state index contributed by atoms with van der Waals surface area (Å²) in [5, 5.41) is 6.53. The largest absolute Gasteiger partial charge is 0.324 e. The Morgan fingerprint density at radius 3 is 2.70 bits per heavy atom. The van der Waals surface area contributed by atoms with E-state index in [1.807, 2.05) is 12.1 Å². The number of halogens is 2. The normalized spacial score (nSPS) is 16.9. The molecule has 3 rings (SSSR count). The van der Waals surface area contributed by atoms with Crippen molar-refractivity contribution in [2.75, 3.05) is 5.32 Å². The number of hydrogen-bond donors (Lipinski definition) is 2. The molecule has 3 nitrogen and oxygen atoms in total. The monoisotopic (exact) mass is 290 g/mol. The first kappa shape index (κ1) is 13.1. The van der Waals surface area contributed by atoms with E-state index in [1.165, 1.54) is 12.1 Å². The van der Waals surface area contributed by atoms with Gasteiger partial charge in [-0.3, -0.25) is 10.1 Å². The van der Waals surface area contributed by atoms with Crippen LogP contribution < -0.4 is 10.6 Å². The minimum Gasteiger partial charge on any atom is -0.324 e. The van der Waals surface area contributed by atoms with Gasteiger partial charge in [0.1, 0.15) is 11.9 Å². The van der Waals surface area contributed by atoms with Crippen molar-refractivity contribution < 1.29 is 9.18 Å². The fourth-order valence-corrected chi connectivity index (χ4v) is 2.38. The van der Waals surface area contributed by atoms with E-state index in [9.17, 15) is 9.18 Å². The maximum Gasteiger partial charge on any atom is 0.246 e. The Balaban J connectivity index is 1.76. The van der Waals surface area contributed by atoms with Crippen molar-refractivity contribution in [3.8, 4) is 0 Å². The number of anilines is 1. The van der Waals surface area contributed by atoms with Crippen LogP contribution in [-0.2, 0) is 11.3 Å². The van der Waals surface area contributed by atoms with Gasteiger partial charge in [-0.25, -0.2) is 4.39 Å². The van der Waals surface area contributed by atoms with Gasteiger partial charge in [0, 0.05) is 22.8 Å². The third-order valence-corrected chi connectivity index (χ3v) is 3.52. The van der Waals surface area contributed by atoms with E-state index in [-0.39, 0.29) is 11.7 Å². The zero-order chi connectivity index (χ0) is 14.1. The number of carbonyl (C=O) groups excluding carboxylic acids is 1. The van der Waals surface area contributed by atoms with Gasteiger partial charge >= 0.3 is 0 Å². The van der Waals surface area contributed by atoms with Gasteiger partial charge in [0.05, 0.1) is 0 Å². The van der Waals surface area contributed by atoms with E-state index in [0.29, 0.717) is 22.8 Å². The molecule has 1 amide bonds. The summed E-state index contributed by atoms with van der Waals surface area (Å²) in [6, 6.07) is 11.1. The van der Waals surface area contributed by atoms with Crippen LogP contribution in [0.15, 0.2) is 42.5 Å². The molecule has 0 bridgehead atoms. The number of hydrogen-bond acceptors (Lipinski definition) is 2. The van der Waals surface area contributed by atoms with Gasteiger partial charge in [-0.15, -0.1) is 0 Å². The van der Waals surface area contributed by atoms with Gasteiger partial charge in [0.15, 0.2) is 0 Å². The Morgan fingerprint density at radius 2 is 1.95 bits per heavy atom. The summed E-state index contributed by atoms with van der Waals surface area (Å²) in [4.78, 5) is 11.9. The van der Waals surface area contributed by atoms with Crippen molar-refractivity contribution in [2.45, 2.75) is 12.6 Å². The van der Waals surface area contributed by atoms with Crippen LogP contribution in [0.5, 0.6) is 0 Å². The molecule has 0 fully saturated rings. The molecule has 1 heterocycles. The topological polar surface area (TPSA) is 41.1 Å². The molecule has 2 N–H and O–H groups in total. The Hall–Kier alpha value is -1.91. The van der Waals surface area contributed by atoms with Crippen molar-refractivity contribution in [3.05, 3.63) is 64.4 Å². The molecule has 2 aromatic carbocycles. The summed E-state index contributed by atoms with van der Waals surface area (Å²) in [5.74, 6) is -0.516.